The monoisotopic (exact) mass is 472 g/mol. The normalized spacial score (nSPS) is 32.8. The lowest BCUT2D eigenvalue weighted by atomic mass is 9.51. The largest absolute Gasteiger partial charge is 0.504 e. The molecule has 1 aromatic carbocycles. The topological polar surface area (TPSA) is 91.3 Å². The number of phenols is 1. The van der Waals surface area contributed by atoms with Crippen LogP contribution in [0.25, 0.3) is 0 Å². The summed E-state index contributed by atoms with van der Waals surface area (Å²) in [4.78, 5) is 15.6. The third-order valence-electron chi connectivity index (χ3n) is 8.68. The van der Waals surface area contributed by atoms with Gasteiger partial charge >= 0.3 is 5.97 Å². The summed E-state index contributed by atoms with van der Waals surface area (Å²) in [7, 11) is 2.21. The van der Waals surface area contributed by atoms with Crippen LogP contribution in [0.2, 0.25) is 0 Å². The number of rotatable bonds is 5. The van der Waals surface area contributed by atoms with Gasteiger partial charge in [0.25, 0.3) is 0 Å². The van der Waals surface area contributed by atoms with Crippen LogP contribution in [-0.4, -0.2) is 64.5 Å². The third-order valence-corrected chi connectivity index (χ3v) is 8.68. The molecule has 3 unspecified atom stereocenters. The molecule has 188 valence electrons. The van der Waals surface area contributed by atoms with Crippen LogP contribution in [0.4, 0.5) is 0 Å². The number of piperidine rings is 1. The molecule has 2 heterocycles. The van der Waals surface area contributed by atoms with Crippen molar-refractivity contribution < 1.29 is 24.5 Å². The van der Waals surface area contributed by atoms with E-state index in [-0.39, 0.29) is 41.8 Å². The second-order valence-electron chi connectivity index (χ2n) is 12.2. The Morgan fingerprint density at radius 2 is 2.09 bits per heavy atom. The summed E-state index contributed by atoms with van der Waals surface area (Å²) in [5.74, 6) is 0.921. The van der Waals surface area contributed by atoms with Crippen molar-refractivity contribution in [1.29, 1.82) is 0 Å². The number of likely N-dealkylation sites (N-methyl/N-ethyl adjacent to an activating group) is 1. The van der Waals surface area contributed by atoms with E-state index in [1.54, 1.807) is 0 Å². The molecule has 1 saturated heterocycles. The number of esters is 1. The lowest BCUT2D eigenvalue weighted by molar-refractivity contribution is -0.159. The molecular weight excluding hydrogens is 432 g/mol. The highest BCUT2D eigenvalue weighted by Gasteiger charge is 2.65. The molecular formula is C27H40N2O5. The predicted molar refractivity (Wildman–Crippen MR) is 129 cm³/mol. The number of aliphatic hydroxyl groups excluding tert-OH is 1. The zero-order valence-corrected chi connectivity index (χ0v) is 21.4. The van der Waals surface area contributed by atoms with Gasteiger partial charge in [-0.25, -0.2) is 0 Å². The summed E-state index contributed by atoms with van der Waals surface area (Å²) in [5.41, 5.74) is 2.15. The standard InChI is InChI=1S/C27H40N2O5/c1-14(2)21(25(32)34-26(3,4)5)28-18-8-7-17-19-12-15-11-16(13-30)22(31)23-20(15)27(17,24(18)33-23)9-10-29(19)6/h11,14,17-19,21,24,28,30-31H,7-10,12-13H2,1-6H3/t17-,18?,19+,21?,24?,27-/m0/s1. The molecule has 2 aliphatic carbocycles. The fraction of sp³-hybridized carbons (Fsp3) is 0.741. The zero-order valence-electron chi connectivity index (χ0n) is 21.4. The minimum atomic E-state index is -0.547. The molecule has 7 nitrogen and oxygen atoms in total. The SMILES string of the molecule is CC(C)C(NC1CC[C@H]2[C@H]3Cc4cc(CO)c(O)c5c4[C@@]2(CCN3C)C1O5)C(=O)OC(C)(C)C. The Labute approximate surface area is 202 Å². The van der Waals surface area contributed by atoms with Gasteiger partial charge in [0.1, 0.15) is 17.7 Å². The van der Waals surface area contributed by atoms with Crippen molar-refractivity contribution >= 4 is 5.97 Å². The van der Waals surface area contributed by atoms with Crippen LogP contribution in [0.15, 0.2) is 6.07 Å². The van der Waals surface area contributed by atoms with Crippen molar-refractivity contribution in [2.45, 2.75) is 102 Å². The van der Waals surface area contributed by atoms with E-state index in [1.807, 2.05) is 40.7 Å². The highest BCUT2D eigenvalue weighted by Crippen LogP contribution is 2.64. The van der Waals surface area contributed by atoms with E-state index in [0.717, 1.165) is 37.8 Å². The van der Waals surface area contributed by atoms with Crippen LogP contribution in [0.1, 0.15) is 70.6 Å². The molecule has 2 aliphatic heterocycles. The summed E-state index contributed by atoms with van der Waals surface area (Å²) in [6.07, 6.45) is 3.67. The molecule has 0 amide bonds. The van der Waals surface area contributed by atoms with Crippen molar-refractivity contribution in [1.82, 2.24) is 10.2 Å². The number of benzene rings is 1. The molecule has 3 N–H and O–H groups in total. The van der Waals surface area contributed by atoms with Crippen LogP contribution in [0, 0.1) is 11.8 Å². The number of ether oxygens (including phenoxy) is 2. The van der Waals surface area contributed by atoms with Crippen molar-refractivity contribution in [2.24, 2.45) is 11.8 Å². The predicted octanol–water partition coefficient (Wildman–Crippen LogP) is 2.88. The maximum absolute atomic E-state index is 13.1. The Balaban J connectivity index is 1.54. The number of nitrogens with zero attached hydrogens (tertiary/aromatic N) is 1. The number of carbonyl (C=O) groups excluding carboxylic acids is 1. The number of nitrogens with one attached hydrogen (secondary N) is 1. The Bertz CT molecular complexity index is 986. The van der Waals surface area contributed by atoms with E-state index >= 15 is 0 Å². The quantitative estimate of drug-likeness (QED) is 0.568. The first kappa shape index (κ1) is 23.9. The highest BCUT2D eigenvalue weighted by molar-refractivity contribution is 5.76. The number of hydrogen-bond acceptors (Lipinski definition) is 7. The van der Waals surface area contributed by atoms with E-state index in [4.69, 9.17) is 9.47 Å². The average Bonchev–Trinajstić information content (AvgIpc) is 3.10. The van der Waals surface area contributed by atoms with Gasteiger partial charge in [-0.3, -0.25) is 10.1 Å². The number of hydrogen-bond donors (Lipinski definition) is 3. The Kier molecular flexibility index (Phi) is 5.69. The highest BCUT2D eigenvalue weighted by atomic mass is 16.6. The van der Waals surface area contributed by atoms with Gasteiger partial charge in [0.15, 0.2) is 11.5 Å². The molecule has 1 spiro atoms. The number of aliphatic hydroxyl groups is 1. The molecule has 1 aromatic rings. The lowest BCUT2D eigenvalue weighted by Gasteiger charge is -2.59. The van der Waals surface area contributed by atoms with Crippen molar-refractivity contribution in [3.8, 4) is 11.5 Å². The van der Waals surface area contributed by atoms with Crippen LogP contribution in [0.3, 0.4) is 0 Å². The van der Waals surface area contributed by atoms with Gasteiger partial charge in [-0.1, -0.05) is 13.8 Å². The summed E-state index contributed by atoms with van der Waals surface area (Å²) >= 11 is 0. The molecule has 1 saturated carbocycles. The van der Waals surface area contributed by atoms with E-state index in [9.17, 15) is 15.0 Å². The van der Waals surface area contributed by atoms with E-state index < -0.39 is 11.6 Å². The van der Waals surface area contributed by atoms with Gasteiger partial charge in [-0.05, 0) is 83.5 Å². The molecule has 0 aromatic heterocycles. The summed E-state index contributed by atoms with van der Waals surface area (Å²) in [5, 5.41) is 24.6. The molecule has 5 rings (SSSR count). The maximum Gasteiger partial charge on any atom is 0.323 e. The number of likely N-dealkylation sites (tertiary alicyclic amines) is 1. The van der Waals surface area contributed by atoms with Gasteiger partial charge in [-0.15, -0.1) is 0 Å². The molecule has 2 bridgehead atoms. The molecule has 34 heavy (non-hydrogen) atoms. The molecule has 4 aliphatic rings. The first-order chi connectivity index (χ1) is 16.0. The van der Waals surface area contributed by atoms with Gasteiger partial charge in [-0.2, -0.15) is 0 Å². The fourth-order valence-corrected chi connectivity index (χ4v) is 7.29. The minimum Gasteiger partial charge on any atom is -0.504 e. The molecule has 7 heteroatoms. The summed E-state index contributed by atoms with van der Waals surface area (Å²) in [6, 6.07) is 1.94. The molecule has 6 atom stereocenters. The zero-order chi connectivity index (χ0) is 24.6. The maximum atomic E-state index is 13.1. The van der Waals surface area contributed by atoms with Gasteiger partial charge < -0.3 is 24.6 Å². The van der Waals surface area contributed by atoms with E-state index in [1.165, 1.54) is 5.56 Å². The first-order valence-electron chi connectivity index (χ1n) is 12.8. The van der Waals surface area contributed by atoms with Crippen LogP contribution < -0.4 is 10.1 Å². The van der Waals surface area contributed by atoms with Crippen molar-refractivity contribution in [3.63, 3.8) is 0 Å². The second-order valence-corrected chi connectivity index (χ2v) is 12.2. The Hall–Kier alpha value is -1.83. The summed E-state index contributed by atoms with van der Waals surface area (Å²) < 4.78 is 12.4. The smallest absolute Gasteiger partial charge is 0.323 e. The molecule has 2 fully saturated rings. The molecule has 0 radical (unpaired) electrons. The minimum absolute atomic E-state index is 0.0319. The van der Waals surface area contributed by atoms with E-state index in [2.05, 4.69) is 17.3 Å². The fourth-order valence-electron chi connectivity index (χ4n) is 7.29. The average molecular weight is 473 g/mol. The first-order valence-corrected chi connectivity index (χ1v) is 12.8. The van der Waals surface area contributed by atoms with Crippen molar-refractivity contribution in [2.75, 3.05) is 13.6 Å². The lowest BCUT2D eigenvalue weighted by Crippen LogP contribution is -2.69. The van der Waals surface area contributed by atoms with Crippen LogP contribution in [-0.2, 0) is 28.0 Å². The van der Waals surface area contributed by atoms with Gasteiger partial charge in [0, 0.05) is 28.6 Å². The Morgan fingerprint density at radius 3 is 2.74 bits per heavy atom. The van der Waals surface area contributed by atoms with Crippen LogP contribution in [0.5, 0.6) is 11.5 Å². The van der Waals surface area contributed by atoms with Gasteiger partial charge in [0.05, 0.1) is 6.61 Å². The third kappa shape index (κ3) is 3.46. The van der Waals surface area contributed by atoms with Gasteiger partial charge in [0.2, 0.25) is 0 Å². The van der Waals surface area contributed by atoms with Crippen molar-refractivity contribution in [3.05, 3.63) is 22.8 Å². The Morgan fingerprint density at radius 1 is 1.35 bits per heavy atom. The number of carbonyl (C=O) groups is 1. The summed E-state index contributed by atoms with van der Waals surface area (Å²) in [6.45, 7) is 10.5. The van der Waals surface area contributed by atoms with Crippen LogP contribution >= 0.6 is 0 Å². The second kappa shape index (κ2) is 8.10. The number of aromatic hydroxyl groups is 1. The van der Waals surface area contributed by atoms with E-state index in [0.29, 0.717) is 23.3 Å².